The zero-order chi connectivity index (χ0) is 16.7. The summed E-state index contributed by atoms with van der Waals surface area (Å²) in [5, 5.41) is 11.4. The first-order valence-corrected chi connectivity index (χ1v) is 7.04. The number of hydrogen-bond acceptors (Lipinski definition) is 3. The molecule has 0 saturated heterocycles. The third-order valence-corrected chi connectivity index (χ3v) is 3.07. The number of ether oxygens (including phenoxy) is 1. The van der Waals surface area contributed by atoms with E-state index in [1.54, 1.807) is 12.1 Å². The smallest absolute Gasteiger partial charge is 0.412 e. The van der Waals surface area contributed by atoms with Crippen LogP contribution in [0, 0.1) is 6.92 Å². The van der Waals surface area contributed by atoms with Crippen molar-refractivity contribution in [3.05, 3.63) is 77.0 Å². The van der Waals surface area contributed by atoms with Gasteiger partial charge in [0.2, 0.25) is 0 Å². The third-order valence-electron chi connectivity index (χ3n) is 3.07. The highest BCUT2D eigenvalue weighted by Crippen LogP contribution is 2.08. The summed E-state index contributed by atoms with van der Waals surface area (Å²) in [5.41, 5.74) is 2.32. The molecule has 118 valence electrons. The summed E-state index contributed by atoms with van der Waals surface area (Å²) in [7, 11) is 0. The molecule has 2 rings (SSSR count). The van der Waals surface area contributed by atoms with Gasteiger partial charge in [0.05, 0.1) is 0 Å². The number of carboxylic acids is 1. The fourth-order valence-corrected chi connectivity index (χ4v) is 1.85. The predicted molar refractivity (Wildman–Crippen MR) is 86.6 cm³/mol. The summed E-state index contributed by atoms with van der Waals surface area (Å²) < 4.78 is 5.01. The average molecular weight is 311 g/mol. The number of carbonyl (C=O) groups is 2. The van der Waals surface area contributed by atoms with Crippen LogP contribution in [-0.2, 0) is 16.1 Å². The minimum atomic E-state index is -1.23. The molecule has 2 aromatic rings. The number of amides is 1. The average Bonchev–Trinajstić information content (AvgIpc) is 2.55. The van der Waals surface area contributed by atoms with Crippen LogP contribution in [0.4, 0.5) is 4.79 Å². The number of benzene rings is 2. The number of carboxylic acid groups (broad SMARTS) is 1. The Bertz CT molecular complexity index is 706. The van der Waals surface area contributed by atoms with E-state index in [9.17, 15) is 14.7 Å². The molecule has 0 aromatic heterocycles. The molecule has 0 spiro atoms. The summed E-state index contributed by atoms with van der Waals surface area (Å²) in [5.74, 6) is -1.23. The van der Waals surface area contributed by atoms with E-state index in [1.165, 1.54) is 6.08 Å². The van der Waals surface area contributed by atoms with Gasteiger partial charge in [-0.15, -0.1) is 0 Å². The zero-order valence-electron chi connectivity index (χ0n) is 12.7. The molecule has 0 radical (unpaired) electrons. The molecule has 0 aliphatic heterocycles. The number of nitrogens with one attached hydrogen (secondary N) is 1. The maximum absolute atomic E-state index is 11.7. The molecule has 5 heteroatoms. The summed E-state index contributed by atoms with van der Waals surface area (Å²) in [4.78, 5) is 23.0. The van der Waals surface area contributed by atoms with Crippen LogP contribution < -0.4 is 5.32 Å². The molecule has 23 heavy (non-hydrogen) atoms. The van der Waals surface area contributed by atoms with E-state index in [4.69, 9.17) is 4.74 Å². The van der Waals surface area contributed by atoms with Crippen molar-refractivity contribution in [1.29, 1.82) is 0 Å². The van der Waals surface area contributed by atoms with E-state index in [-0.39, 0.29) is 12.3 Å². The van der Waals surface area contributed by atoms with Crippen LogP contribution in [0.3, 0.4) is 0 Å². The van der Waals surface area contributed by atoms with Crippen LogP contribution in [0.1, 0.15) is 16.7 Å². The lowest BCUT2D eigenvalue weighted by molar-refractivity contribution is -0.132. The first-order chi connectivity index (χ1) is 11.0. The number of rotatable bonds is 5. The SMILES string of the molecule is Cc1ccc(/C=C(\NC(=O)OCc2ccccc2)C(=O)O)cc1. The van der Waals surface area contributed by atoms with Crippen molar-refractivity contribution < 1.29 is 19.4 Å². The molecule has 0 aliphatic carbocycles. The third kappa shape index (κ3) is 5.32. The van der Waals surface area contributed by atoms with E-state index >= 15 is 0 Å². The van der Waals surface area contributed by atoms with Crippen LogP contribution in [0.25, 0.3) is 6.08 Å². The van der Waals surface area contributed by atoms with Crippen molar-refractivity contribution >= 4 is 18.1 Å². The van der Waals surface area contributed by atoms with Gasteiger partial charge >= 0.3 is 12.1 Å². The van der Waals surface area contributed by atoms with Crippen LogP contribution in [0.15, 0.2) is 60.3 Å². The monoisotopic (exact) mass is 311 g/mol. The lowest BCUT2D eigenvalue weighted by Gasteiger charge is -2.08. The first-order valence-electron chi connectivity index (χ1n) is 7.04. The molecule has 2 N–H and O–H groups in total. The summed E-state index contributed by atoms with van der Waals surface area (Å²) >= 11 is 0. The van der Waals surface area contributed by atoms with Gasteiger partial charge in [0.25, 0.3) is 0 Å². The Morgan fingerprint density at radius 1 is 1.09 bits per heavy atom. The van der Waals surface area contributed by atoms with Crippen LogP contribution in [-0.4, -0.2) is 17.2 Å². The fourth-order valence-electron chi connectivity index (χ4n) is 1.85. The van der Waals surface area contributed by atoms with Crippen molar-refractivity contribution in [1.82, 2.24) is 5.32 Å². The van der Waals surface area contributed by atoms with Gasteiger partial charge < -0.3 is 9.84 Å². The Hall–Kier alpha value is -3.08. The largest absolute Gasteiger partial charge is 0.477 e. The fraction of sp³-hybridized carbons (Fsp3) is 0.111. The van der Waals surface area contributed by atoms with Crippen LogP contribution >= 0.6 is 0 Å². The lowest BCUT2D eigenvalue weighted by Crippen LogP contribution is -2.27. The van der Waals surface area contributed by atoms with Gasteiger partial charge in [-0.2, -0.15) is 0 Å². The highest BCUT2D eigenvalue weighted by Gasteiger charge is 2.12. The lowest BCUT2D eigenvalue weighted by atomic mass is 10.1. The summed E-state index contributed by atoms with van der Waals surface area (Å²) in [6.45, 7) is 2.01. The number of aryl methyl sites for hydroxylation is 1. The van der Waals surface area contributed by atoms with Gasteiger partial charge in [0.1, 0.15) is 12.3 Å². The highest BCUT2D eigenvalue weighted by molar-refractivity contribution is 5.95. The van der Waals surface area contributed by atoms with Gasteiger partial charge in [-0.1, -0.05) is 60.2 Å². The van der Waals surface area contributed by atoms with Gasteiger partial charge in [-0.25, -0.2) is 9.59 Å². The molecule has 0 bridgehead atoms. The van der Waals surface area contributed by atoms with E-state index < -0.39 is 12.1 Å². The Balaban J connectivity index is 2.00. The molecular weight excluding hydrogens is 294 g/mol. The molecule has 5 nitrogen and oxygen atoms in total. The van der Waals surface area contributed by atoms with Gasteiger partial charge in [0, 0.05) is 0 Å². The van der Waals surface area contributed by atoms with Crippen molar-refractivity contribution in [2.75, 3.05) is 0 Å². The molecule has 0 fully saturated rings. The first kappa shape index (κ1) is 16.3. The standard InChI is InChI=1S/C18H17NO4/c1-13-7-9-14(10-8-13)11-16(17(20)21)19-18(22)23-12-15-5-3-2-4-6-15/h2-11H,12H2,1H3,(H,19,22)(H,20,21)/b16-11-. The molecule has 2 aromatic carbocycles. The van der Waals surface area contributed by atoms with Gasteiger partial charge in [-0.3, -0.25) is 5.32 Å². The zero-order valence-corrected chi connectivity index (χ0v) is 12.7. The van der Waals surface area contributed by atoms with Crippen molar-refractivity contribution in [2.45, 2.75) is 13.5 Å². The molecule has 0 aliphatic rings. The second kappa shape index (κ2) is 7.79. The Labute approximate surface area is 134 Å². The number of carbonyl (C=O) groups excluding carboxylic acids is 1. The Morgan fingerprint density at radius 2 is 1.74 bits per heavy atom. The van der Waals surface area contributed by atoms with E-state index in [0.29, 0.717) is 5.56 Å². The summed E-state index contributed by atoms with van der Waals surface area (Å²) in [6.07, 6.45) is 0.570. The molecule has 0 unspecified atom stereocenters. The minimum Gasteiger partial charge on any atom is -0.477 e. The highest BCUT2D eigenvalue weighted by atomic mass is 16.5. The van der Waals surface area contributed by atoms with Gasteiger partial charge in [0.15, 0.2) is 0 Å². The van der Waals surface area contributed by atoms with Gasteiger partial charge in [-0.05, 0) is 24.1 Å². The topological polar surface area (TPSA) is 75.6 Å². The Kier molecular flexibility index (Phi) is 5.52. The van der Waals surface area contributed by atoms with Crippen LogP contribution in [0.5, 0.6) is 0 Å². The Morgan fingerprint density at radius 3 is 2.35 bits per heavy atom. The van der Waals surface area contributed by atoms with E-state index in [0.717, 1.165) is 11.1 Å². The molecule has 0 atom stereocenters. The normalized spacial score (nSPS) is 10.9. The maximum atomic E-state index is 11.7. The summed E-state index contributed by atoms with van der Waals surface area (Å²) in [6, 6.07) is 16.4. The van der Waals surface area contributed by atoms with E-state index in [2.05, 4.69) is 5.32 Å². The number of aliphatic carboxylic acids is 1. The minimum absolute atomic E-state index is 0.0735. The number of alkyl carbamates (subject to hydrolysis) is 1. The second-order valence-corrected chi connectivity index (χ2v) is 4.96. The van der Waals surface area contributed by atoms with Crippen molar-refractivity contribution in [2.24, 2.45) is 0 Å². The van der Waals surface area contributed by atoms with Crippen molar-refractivity contribution in [3.8, 4) is 0 Å². The number of hydrogen-bond donors (Lipinski definition) is 2. The quantitative estimate of drug-likeness (QED) is 0.830. The van der Waals surface area contributed by atoms with Crippen LogP contribution in [0.2, 0.25) is 0 Å². The molecule has 1 amide bonds. The maximum Gasteiger partial charge on any atom is 0.412 e. The molecular formula is C18H17NO4. The molecule has 0 heterocycles. The van der Waals surface area contributed by atoms with E-state index in [1.807, 2.05) is 49.4 Å². The van der Waals surface area contributed by atoms with Crippen molar-refractivity contribution in [3.63, 3.8) is 0 Å². The predicted octanol–water partition coefficient (Wildman–Crippen LogP) is 3.35. The second-order valence-electron chi connectivity index (χ2n) is 4.96. The molecule has 0 saturated carbocycles.